The summed E-state index contributed by atoms with van der Waals surface area (Å²) >= 11 is 6.59. The maximum absolute atomic E-state index is 12.0. The lowest BCUT2D eigenvalue weighted by Gasteiger charge is -2.33. The predicted molar refractivity (Wildman–Crippen MR) is 82.1 cm³/mol. The summed E-state index contributed by atoms with van der Waals surface area (Å²) in [6.07, 6.45) is 6.84. The quantitative estimate of drug-likeness (QED) is 0.832. The van der Waals surface area contributed by atoms with Crippen LogP contribution in [0.3, 0.4) is 0 Å². The molecule has 106 valence electrons. The van der Waals surface area contributed by atoms with Gasteiger partial charge in [0.1, 0.15) is 0 Å². The number of nitrogens with one attached hydrogen (secondary N) is 2. The lowest BCUT2D eigenvalue weighted by Crippen LogP contribution is -2.37. The highest BCUT2D eigenvalue weighted by Gasteiger charge is 2.27. The Labute approximate surface area is 123 Å². The van der Waals surface area contributed by atoms with Crippen molar-refractivity contribution in [3.63, 3.8) is 0 Å². The van der Waals surface area contributed by atoms with Gasteiger partial charge in [0.05, 0.1) is 6.42 Å². The smallest absolute Gasteiger partial charge is 0.225 e. The first kappa shape index (κ1) is 14.7. The second-order valence-electron chi connectivity index (χ2n) is 5.89. The molecule has 5 heteroatoms. The van der Waals surface area contributed by atoms with E-state index in [2.05, 4.69) is 17.2 Å². The molecule has 0 atom stereocenters. The summed E-state index contributed by atoms with van der Waals surface area (Å²) in [6.45, 7) is 5.07. The number of carbonyl (C=O) groups excluding carboxylic acids is 1. The Balaban J connectivity index is 1.84. The summed E-state index contributed by atoms with van der Waals surface area (Å²) < 4.78 is 0.750. The lowest BCUT2D eigenvalue weighted by atomic mass is 9.76. The number of aromatic nitrogens is 1. The minimum absolute atomic E-state index is 0.111. The molecule has 0 radical (unpaired) electrons. The van der Waals surface area contributed by atoms with Crippen molar-refractivity contribution in [2.45, 2.75) is 52.4 Å². The highest BCUT2D eigenvalue weighted by molar-refractivity contribution is 7.73. The first-order valence-electron chi connectivity index (χ1n) is 6.94. The largest absolute Gasteiger partial charge is 0.355 e. The van der Waals surface area contributed by atoms with Gasteiger partial charge in [0.25, 0.3) is 0 Å². The Hall–Kier alpha value is -0.680. The van der Waals surface area contributed by atoms with Crippen LogP contribution >= 0.6 is 23.6 Å². The molecule has 1 aromatic rings. The molecule has 0 saturated heterocycles. The van der Waals surface area contributed by atoms with Crippen molar-refractivity contribution in [1.29, 1.82) is 0 Å². The van der Waals surface area contributed by atoms with Crippen LogP contribution in [-0.4, -0.2) is 17.4 Å². The van der Waals surface area contributed by atoms with Crippen molar-refractivity contribution in [3.05, 3.63) is 14.5 Å². The van der Waals surface area contributed by atoms with E-state index >= 15 is 0 Å². The second-order valence-corrected chi connectivity index (χ2v) is 7.66. The number of aryl methyl sites for hydroxylation is 1. The van der Waals surface area contributed by atoms with Crippen LogP contribution in [0.4, 0.5) is 0 Å². The van der Waals surface area contributed by atoms with Crippen molar-refractivity contribution in [2.24, 2.45) is 5.41 Å². The van der Waals surface area contributed by atoms with Crippen molar-refractivity contribution in [2.75, 3.05) is 6.54 Å². The summed E-state index contributed by atoms with van der Waals surface area (Å²) in [5, 5.41) is 3.10. The summed E-state index contributed by atoms with van der Waals surface area (Å²) in [4.78, 5) is 16.1. The number of hydrogen-bond donors (Lipinski definition) is 2. The average molecular weight is 298 g/mol. The molecule has 0 unspecified atom stereocenters. The summed E-state index contributed by atoms with van der Waals surface area (Å²) in [5.41, 5.74) is 1.32. The molecule has 1 aliphatic carbocycles. The Morgan fingerprint density at radius 1 is 1.42 bits per heavy atom. The Bertz CT molecular complexity index is 498. The van der Waals surface area contributed by atoms with Crippen LogP contribution in [0.15, 0.2) is 0 Å². The molecular formula is C14H22N2OS2. The normalized spacial score (nSPS) is 18.2. The molecular weight excluding hydrogens is 276 g/mol. The first-order chi connectivity index (χ1) is 8.98. The van der Waals surface area contributed by atoms with Gasteiger partial charge in [-0.2, -0.15) is 0 Å². The third-order valence-corrected chi connectivity index (χ3v) is 5.35. The zero-order valence-electron chi connectivity index (χ0n) is 11.7. The van der Waals surface area contributed by atoms with Crippen LogP contribution in [0, 0.1) is 16.3 Å². The van der Waals surface area contributed by atoms with Gasteiger partial charge in [-0.15, -0.1) is 11.3 Å². The van der Waals surface area contributed by atoms with E-state index in [0.717, 1.165) is 21.1 Å². The zero-order chi connectivity index (χ0) is 13.9. The third-order valence-electron chi connectivity index (χ3n) is 4.02. The fraction of sp³-hybridized carbons (Fsp3) is 0.714. The lowest BCUT2D eigenvalue weighted by molar-refractivity contribution is -0.121. The number of H-pyrrole nitrogens is 1. The number of amides is 1. The van der Waals surface area contributed by atoms with Crippen LogP contribution in [0.2, 0.25) is 0 Å². The van der Waals surface area contributed by atoms with Crippen LogP contribution in [0.25, 0.3) is 0 Å². The maximum atomic E-state index is 12.0. The fourth-order valence-electron chi connectivity index (χ4n) is 2.71. The van der Waals surface area contributed by atoms with E-state index in [1.165, 1.54) is 43.4 Å². The fourth-order valence-corrected chi connectivity index (χ4v) is 4.00. The van der Waals surface area contributed by atoms with Gasteiger partial charge in [-0.3, -0.25) is 4.79 Å². The van der Waals surface area contributed by atoms with E-state index < -0.39 is 0 Å². The highest BCUT2D eigenvalue weighted by Crippen LogP contribution is 2.34. The van der Waals surface area contributed by atoms with Gasteiger partial charge in [0, 0.05) is 17.1 Å². The Morgan fingerprint density at radius 3 is 2.68 bits per heavy atom. The van der Waals surface area contributed by atoms with Gasteiger partial charge in [-0.1, -0.05) is 26.2 Å². The molecule has 0 aliphatic heterocycles. The average Bonchev–Trinajstić information content (AvgIpc) is 2.66. The minimum Gasteiger partial charge on any atom is -0.355 e. The van der Waals surface area contributed by atoms with E-state index in [0.29, 0.717) is 11.8 Å². The molecule has 1 aromatic heterocycles. The van der Waals surface area contributed by atoms with Gasteiger partial charge >= 0.3 is 0 Å². The van der Waals surface area contributed by atoms with Gasteiger partial charge in [-0.25, -0.2) is 0 Å². The number of aromatic amines is 1. The van der Waals surface area contributed by atoms with Crippen LogP contribution in [0.1, 0.15) is 49.6 Å². The Kier molecular flexibility index (Phi) is 4.79. The molecule has 3 nitrogen and oxygen atoms in total. The van der Waals surface area contributed by atoms with E-state index in [-0.39, 0.29) is 5.91 Å². The second kappa shape index (κ2) is 6.18. The first-order valence-corrected chi connectivity index (χ1v) is 8.16. The number of rotatable bonds is 4. The third kappa shape index (κ3) is 4.14. The summed E-state index contributed by atoms with van der Waals surface area (Å²) in [5.74, 6) is 0.111. The van der Waals surface area contributed by atoms with E-state index in [9.17, 15) is 4.79 Å². The highest BCUT2D eigenvalue weighted by atomic mass is 32.1. The summed E-state index contributed by atoms with van der Waals surface area (Å²) in [6, 6.07) is 0. The van der Waals surface area contributed by atoms with Gasteiger partial charge in [-0.05, 0) is 37.4 Å². The molecule has 1 saturated carbocycles. The standard InChI is InChI=1S/C14H22N2OS2/c1-10-11(19-13(18)16-10)8-12(17)15-9-14(2)6-4-3-5-7-14/h3-9H2,1-2H3,(H,15,17)(H,16,18). The molecule has 19 heavy (non-hydrogen) atoms. The van der Waals surface area contributed by atoms with Gasteiger partial charge < -0.3 is 10.3 Å². The van der Waals surface area contributed by atoms with Gasteiger partial charge in [0.2, 0.25) is 5.91 Å². The molecule has 0 aromatic carbocycles. The molecule has 1 fully saturated rings. The monoisotopic (exact) mass is 298 g/mol. The van der Waals surface area contributed by atoms with Crippen LogP contribution in [0.5, 0.6) is 0 Å². The Morgan fingerprint density at radius 2 is 2.11 bits per heavy atom. The molecule has 0 bridgehead atoms. The summed E-state index contributed by atoms with van der Waals surface area (Å²) in [7, 11) is 0. The number of thiazole rings is 1. The van der Waals surface area contributed by atoms with Crippen LogP contribution < -0.4 is 5.32 Å². The topological polar surface area (TPSA) is 44.9 Å². The van der Waals surface area contributed by atoms with E-state index in [1.54, 1.807) is 0 Å². The van der Waals surface area contributed by atoms with Crippen LogP contribution in [-0.2, 0) is 11.2 Å². The van der Waals surface area contributed by atoms with E-state index in [4.69, 9.17) is 12.2 Å². The predicted octanol–water partition coefficient (Wildman–Crippen LogP) is 3.74. The van der Waals surface area contributed by atoms with E-state index in [1.807, 2.05) is 6.92 Å². The molecule has 2 rings (SSSR count). The number of hydrogen-bond acceptors (Lipinski definition) is 3. The SMILES string of the molecule is Cc1[nH]c(=S)sc1CC(=O)NCC1(C)CCCCC1. The van der Waals surface area contributed by atoms with Crippen molar-refractivity contribution >= 4 is 29.5 Å². The van der Waals surface area contributed by atoms with Crippen molar-refractivity contribution in [3.8, 4) is 0 Å². The van der Waals surface area contributed by atoms with Crippen molar-refractivity contribution < 1.29 is 4.79 Å². The maximum Gasteiger partial charge on any atom is 0.225 e. The molecule has 0 spiro atoms. The molecule has 1 heterocycles. The minimum atomic E-state index is 0.111. The van der Waals surface area contributed by atoms with Gasteiger partial charge in [0.15, 0.2) is 3.95 Å². The zero-order valence-corrected chi connectivity index (χ0v) is 13.3. The molecule has 1 amide bonds. The molecule has 1 aliphatic rings. The van der Waals surface area contributed by atoms with Crippen molar-refractivity contribution in [1.82, 2.24) is 10.3 Å². The number of carbonyl (C=O) groups is 1. The molecule has 2 N–H and O–H groups in total.